The molecule has 0 atom stereocenters. The van der Waals surface area contributed by atoms with Crippen molar-refractivity contribution in [1.29, 1.82) is 0 Å². The van der Waals surface area contributed by atoms with Gasteiger partial charge >= 0.3 is 0 Å². The molecule has 1 radical (unpaired) electrons. The van der Waals surface area contributed by atoms with Gasteiger partial charge in [0.15, 0.2) is 5.75 Å². The Hall–Kier alpha value is -2.27. The highest BCUT2D eigenvalue weighted by atomic mass is 32.1. The summed E-state index contributed by atoms with van der Waals surface area (Å²) >= 11 is 1.62. The summed E-state index contributed by atoms with van der Waals surface area (Å²) in [6.07, 6.45) is 3.40. The average Bonchev–Trinajstić information content (AvgIpc) is 3.11. The minimum Gasteiger partial charge on any atom is -0.497 e. The first-order valence-electron chi connectivity index (χ1n) is 8.65. The van der Waals surface area contributed by atoms with Crippen LogP contribution in [0.25, 0.3) is 10.2 Å². The normalized spacial score (nSPS) is 15.6. The third-order valence-corrected chi connectivity index (χ3v) is 5.89. The number of thiazole rings is 1. The summed E-state index contributed by atoms with van der Waals surface area (Å²) in [5.41, 5.74) is 5.08. The molecule has 25 heavy (non-hydrogen) atoms. The topological polar surface area (TPSA) is 45.3 Å². The Morgan fingerprint density at radius 1 is 1.20 bits per heavy atom. The monoisotopic (exact) mass is 353 g/mol. The van der Waals surface area contributed by atoms with Crippen molar-refractivity contribution in [3.05, 3.63) is 47.5 Å². The molecule has 5 heteroatoms. The number of anilines is 1. The Bertz CT molecular complexity index is 852. The van der Waals surface area contributed by atoms with Crippen LogP contribution in [-0.2, 0) is 11.5 Å². The Morgan fingerprint density at radius 3 is 2.68 bits per heavy atom. The molecule has 0 aliphatic carbocycles. The second-order valence-corrected chi connectivity index (χ2v) is 7.48. The fourth-order valence-electron chi connectivity index (χ4n) is 3.63. The van der Waals surface area contributed by atoms with E-state index in [1.54, 1.807) is 30.6 Å². The van der Waals surface area contributed by atoms with Gasteiger partial charge in [-0.25, -0.2) is 4.98 Å². The molecule has 4 rings (SSSR count). The van der Waals surface area contributed by atoms with Crippen LogP contribution in [0.5, 0.6) is 11.5 Å². The van der Waals surface area contributed by atoms with Gasteiger partial charge in [0.25, 0.3) is 0 Å². The van der Waals surface area contributed by atoms with Crippen LogP contribution in [0.15, 0.2) is 41.9 Å². The van der Waals surface area contributed by atoms with Crippen molar-refractivity contribution in [2.24, 2.45) is 5.92 Å². The molecule has 1 saturated heterocycles. The number of nitrogens with zero attached hydrogens (tertiary/aromatic N) is 2. The van der Waals surface area contributed by atoms with E-state index in [1.165, 1.54) is 5.56 Å². The van der Waals surface area contributed by atoms with E-state index < -0.39 is 0 Å². The smallest absolute Gasteiger partial charge is 0.182 e. The molecule has 3 aromatic rings. The van der Waals surface area contributed by atoms with Gasteiger partial charge in [-0.05, 0) is 42.9 Å². The maximum absolute atomic E-state index is 11.9. The second-order valence-electron chi connectivity index (χ2n) is 6.63. The van der Waals surface area contributed by atoms with E-state index >= 15 is 0 Å². The van der Waals surface area contributed by atoms with Gasteiger partial charge in [-0.15, -0.1) is 11.3 Å². The van der Waals surface area contributed by atoms with Gasteiger partial charge in [-0.2, -0.15) is 0 Å². The third-order valence-electron chi connectivity index (χ3n) is 5.02. The van der Waals surface area contributed by atoms with Crippen LogP contribution >= 0.6 is 11.3 Å². The molecule has 0 saturated carbocycles. The van der Waals surface area contributed by atoms with Gasteiger partial charge in [0, 0.05) is 25.2 Å². The number of methoxy groups -OCH3 is 1. The predicted octanol–water partition coefficient (Wildman–Crippen LogP) is 4.91. The maximum atomic E-state index is 11.9. The zero-order chi connectivity index (χ0) is 17.2. The molecule has 1 aromatic heterocycles. The molecular formula is C20H21N2O2S. The number of piperidine rings is 1. The van der Waals surface area contributed by atoms with Crippen molar-refractivity contribution in [3.8, 4) is 11.5 Å². The standard InChI is InChI=1S/C20H21N2O2S/c1-24-17-4-2-14(3-5-17)10-15-6-8-22(9-7-15)19-12-16(23)11-18-20(19)25-13-21-18/h2-5,11-13,15H,6-10H2,1H3. The number of hydrogen-bond donors (Lipinski definition) is 0. The molecule has 1 fully saturated rings. The molecule has 0 unspecified atom stereocenters. The first-order chi connectivity index (χ1) is 12.2. The van der Waals surface area contributed by atoms with E-state index in [0.29, 0.717) is 5.92 Å². The number of fused-ring (bicyclic) bond motifs is 1. The van der Waals surface area contributed by atoms with E-state index in [2.05, 4.69) is 22.0 Å². The lowest BCUT2D eigenvalue weighted by Crippen LogP contribution is -2.34. The number of benzene rings is 2. The number of hydrogen-bond acceptors (Lipinski definition) is 4. The Morgan fingerprint density at radius 2 is 1.96 bits per heavy atom. The predicted molar refractivity (Wildman–Crippen MR) is 101 cm³/mol. The summed E-state index contributed by atoms with van der Waals surface area (Å²) in [5, 5.41) is 11.9. The fraction of sp³-hybridized carbons (Fsp3) is 0.350. The number of ether oxygens (including phenoxy) is 1. The SMILES string of the molecule is COc1ccc(CC2CCN(c3cc([O])cc4ncsc34)CC2)cc1. The molecule has 0 N–H and O–H groups in total. The Labute approximate surface area is 151 Å². The van der Waals surface area contributed by atoms with Crippen LogP contribution in [-0.4, -0.2) is 25.2 Å². The molecule has 1 aliphatic rings. The van der Waals surface area contributed by atoms with Crippen LogP contribution in [0.1, 0.15) is 18.4 Å². The number of aromatic nitrogens is 1. The highest BCUT2D eigenvalue weighted by Crippen LogP contribution is 2.36. The molecule has 4 nitrogen and oxygen atoms in total. The maximum Gasteiger partial charge on any atom is 0.182 e. The summed E-state index contributed by atoms with van der Waals surface area (Å²) in [5.74, 6) is 1.65. The van der Waals surface area contributed by atoms with Crippen LogP contribution in [0.3, 0.4) is 0 Å². The van der Waals surface area contributed by atoms with Crippen LogP contribution in [0.4, 0.5) is 5.69 Å². The summed E-state index contributed by atoms with van der Waals surface area (Å²) in [6, 6.07) is 11.8. The molecule has 0 spiro atoms. The summed E-state index contributed by atoms with van der Waals surface area (Å²) in [4.78, 5) is 6.66. The van der Waals surface area contributed by atoms with Gasteiger partial charge in [0.05, 0.1) is 28.5 Å². The first-order valence-corrected chi connectivity index (χ1v) is 9.53. The van der Waals surface area contributed by atoms with E-state index in [4.69, 9.17) is 4.74 Å². The molecule has 0 bridgehead atoms. The Kier molecular flexibility index (Phi) is 4.49. The average molecular weight is 353 g/mol. The van der Waals surface area contributed by atoms with Crippen molar-refractivity contribution in [3.63, 3.8) is 0 Å². The van der Waals surface area contributed by atoms with E-state index in [9.17, 15) is 5.11 Å². The third kappa shape index (κ3) is 3.42. The number of rotatable bonds is 4. The molecule has 129 valence electrons. The van der Waals surface area contributed by atoms with Gasteiger partial charge in [0.2, 0.25) is 0 Å². The van der Waals surface area contributed by atoms with Crippen LogP contribution < -0.4 is 9.64 Å². The zero-order valence-corrected chi connectivity index (χ0v) is 15.1. The highest BCUT2D eigenvalue weighted by Gasteiger charge is 2.22. The van der Waals surface area contributed by atoms with E-state index in [-0.39, 0.29) is 5.75 Å². The summed E-state index contributed by atoms with van der Waals surface area (Å²) < 4.78 is 6.36. The largest absolute Gasteiger partial charge is 0.497 e. The van der Waals surface area contributed by atoms with Crippen molar-refractivity contribution in [2.45, 2.75) is 19.3 Å². The van der Waals surface area contributed by atoms with E-state index in [1.807, 2.05) is 17.6 Å². The zero-order valence-electron chi connectivity index (χ0n) is 14.3. The molecule has 2 aromatic carbocycles. The lowest BCUT2D eigenvalue weighted by atomic mass is 9.90. The van der Waals surface area contributed by atoms with Crippen LogP contribution in [0.2, 0.25) is 0 Å². The second kappa shape index (κ2) is 6.92. The van der Waals surface area contributed by atoms with Gasteiger partial charge in [-0.1, -0.05) is 12.1 Å². The van der Waals surface area contributed by atoms with Gasteiger partial charge < -0.3 is 9.64 Å². The van der Waals surface area contributed by atoms with Gasteiger partial charge in [-0.3, -0.25) is 5.11 Å². The van der Waals surface area contributed by atoms with E-state index in [0.717, 1.165) is 54.0 Å². The molecule has 2 heterocycles. The minimum atomic E-state index is 0.0498. The Balaban J connectivity index is 1.43. The minimum absolute atomic E-state index is 0.0498. The summed E-state index contributed by atoms with van der Waals surface area (Å²) in [7, 11) is 1.70. The lowest BCUT2D eigenvalue weighted by Gasteiger charge is -2.34. The van der Waals surface area contributed by atoms with Crippen LogP contribution in [0, 0.1) is 5.92 Å². The van der Waals surface area contributed by atoms with Gasteiger partial charge in [0.1, 0.15) is 5.75 Å². The van der Waals surface area contributed by atoms with Crippen molar-refractivity contribution >= 4 is 27.2 Å². The summed E-state index contributed by atoms with van der Waals surface area (Å²) in [6.45, 7) is 1.99. The fourth-order valence-corrected chi connectivity index (χ4v) is 4.45. The molecule has 0 amide bonds. The van der Waals surface area contributed by atoms with Crippen molar-refractivity contribution < 1.29 is 9.84 Å². The quantitative estimate of drug-likeness (QED) is 0.669. The molecular weight excluding hydrogens is 332 g/mol. The molecule has 1 aliphatic heterocycles. The lowest BCUT2D eigenvalue weighted by molar-refractivity contribution is 0.355. The van der Waals surface area contributed by atoms with Crippen molar-refractivity contribution in [2.75, 3.05) is 25.1 Å². The highest BCUT2D eigenvalue weighted by molar-refractivity contribution is 7.17. The van der Waals surface area contributed by atoms with Crippen molar-refractivity contribution in [1.82, 2.24) is 4.98 Å². The first kappa shape index (κ1) is 16.2.